The summed E-state index contributed by atoms with van der Waals surface area (Å²) >= 11 is 0. The number of anilines is 1. The van der Waals surface area contributed by atoms with Crippen molar-refractivity contribution in [2.75, 3.05) is 5.32 Å². The van der Waals surface area contributed by atoms with Crippen LogP contribution in [0.4, 0.5) is 5.69 Å². The molecule has 16 heavy (non-hydrogen) atoms. The largest absolute Gasteiger partial charge is 0.478 e. The Kier molecular flexibility index (Phi) is 2.86. The first-order valence-electron chi connectivity index (χ1n) is 4.81. The van der Waals surface area contributed by atoms with Gasteiger partial charge in [-0.2, -0.15) is 0 Å². The molecule has 0 saturated carbocycles. The van der Waals surface area contributed by atoms with Gasteiger partial charge in [0, 0.05) is 11.9 Å². The van der Waals surface area contributed by atoms with Crippen LogP contribution in [0.3, 0.4) is 0 Å². The molecule has 1 aromatic carbocycles. The standard InChI is InChI=1S/C11H11N3O2/c15-11(16)9-3-1-2-4-10(9)13-6-8-5-12-7-14-8/h1-5,7,13H,6H2,(H,12,14)(H,15,16). The highest BCUT2D eigenvalue weighted by atomic mass is 16.4. The number of nitrogens with zero attached hydrogens (tertiary/aromatic N) is 1. The molecule has 0 spiro atoms. The van der Waals surface area contributed by atoms with Gasteiger partial charge in [0.25, 0.3) is 0 Å². The summed E-state index contributed by atoms with van der Waals surface area (Å²) in [5.74, 6) is -0.937. The van der Waals surface area contributed by atoms with Gasteiger partial charge in [-0.15, -0.1) is 0 Å². The second-order valence-electron chi connectivity index (χ2n) is 3.28. The topological polar surface area (TPSA) is 78.0 Å². The van der Waals surface area contributed by atoms with E-state index in [1.54, 1.807) is 36.8 Å². The summed E-state index contributed by atoms with van der Waals surface area (Å²) in [4.78, 5) is 17.7. The number of hydrogen-bond acceptors (Lipinski definition) is 3. The molecular weight excluding hydrogens is 206 g/mol. The number of hydrogen-bond donors (Lipinski definition) is 3. The first-order valence-corrected chi connectivity index (χ1v) is 4.81. The predicted molar refractivity (Wildman–Crippen MR) is 59.3 cm³/mol. The summed E-state index contributed by atoms with van der Waals surface area (Å²) in [6, 6.07) is 6.80. The van der Waals surface area contributed by atoms with Crippen molar-refractivity contribution in [1.29, 1.82) is 0 Å². The Morgan fingerprint density at radius 2 is 2.25 bits per heavy atom. The fourth-order valence-corrected chi connectivity index (χ4v) is 1.40. The summed E-state index contributed by atoms with van der Waals surface area (Å²) in [6.07, 6.45) is 3.27. The Labute approximate surface area is 92.2 Å². The smallest absolute Gasteiger partial charge is 0.337 e. The van der Waals surface area contributed by atoms with Crippen LogP contribution in [0.15, 0.2) is 36.8 Å². The molecule has 0 saturated heterocycles. The lowest BCUT2D eigenvalue weighted by Crippen LogP contribution is -2.06. The summed E-state index contributed by atoms with van der Waals surface area (Å²) in [5, 5.41) is 12.0. The lowest BCUT2D eigenvalue weighted by molar-refractivity contribution is 0.0698. The molecule has 0 radical (unpaired) electrons. The van der Waals surface area contributed by atoms with Gasteiger partial charge >= 0.3 is 5.97 Å². The van der Waals surface area contributed by atoms with Gasteiger partial charge in [0.15, 0.2) is 0 Å². The van der Waals surface area contributed by atoms with Gasteiger partial charge < -0.3 is 15.4 Å². The Bertz CT molecular complexity index is 480. The van der Waals surface area contributed by atoms with Crippen molar-refractivity contribution < 1.29 is 9.90 Å². The number of aromatic amines is 1. The number of para-hydroxylation sites is 1. The third-order valence-corrected chi connectivity index (χ3v) is 2.18. The third-order valence-electron chi connectivity index (χ3n) is 2.18. The van der Waals surface area contributed by atoms with Crippen molar-refractivity contribution in [3.63, 3.8) is 0 Å². The third kappa shape index (κ3) is 2.20. The fraction of sp³-hybridized carbons (Fsp3) is 0.0909. The van der Waals surface area contributed by atoms with E-state index < -0.39 is 5.97 Å². The number of aromatic nitrogens is 2. The molecule has 0 amide bonds. The van der Waals surface area contributed by atoms with E-state index in [2.05, 4.69) is 15.3 Å². The highest BCUT2D eigenvalue weighted by molar-refractivity contribution is 5.94. The summed E-state index contributed by atoms with van der Waals surface area (Å²) in [5.41, 5.74) is 1.77. The number of carbonyl (C=O) groups is 1. The normalized spacial score (nSPS) is 10.0. The zero-order valence-electron chi connectivity index (χ0n) is 8.47. The fourth-order valence-electron chi connectivity index (χ4n) is 1.40. The van der Waals surface area contributed by atoms with Gasteiger partial charge in [-0.05, 0) is 12.1 Å². The van der Waals surface area contributed by atoms with Crippen molar-refractivity contribution in [1.82, 2.24) is 9.97 Å². The molecule has 0 bridgehead atoms. The molecule has 1 aromatic heterocycles. The molecule has 82 valence electrons. The SMILES string of the molecule is O=C(O)c1ccccc1NCc1cnc[nH]1. The number of H-pyrrole nitrogens is 1. The molecular formula is C11H11N3O2. The maximum atomic E-state index is 10.9. The molecule has 3 N–H and O–H groups in total. The molecule has 0 aliphatic rings. The van der Waals surface area contributed by atoms with Crippen LogP contribution in [0, 0.1) is 0 Å². The number of carboxylic acid groups (broad SMARTS) is 1. The second-order valence-corrected chi connectivity index (χ2v) is 3.28. The lowest BCUT2D eigenvalue weighted by atomic mass is 10.2. The molecule has 2 aromatic rings. The van der Waals surface area contributed by atoms with Gasteiger partial charge in [0.05, 0.1) is 24.1 Å². The minimum Gasteiger partial charge on any atom is -0.478 e. The van der Waals surface area contributed by atoms with Gasteiger partial charge in [-0.3, -0.25) is 0 Å². The van der Waals surface area contributed by atoms with Crippen LogP contribution in [0.5, 0.6) is 0 Å². The van der Waals surface area contributed by atoms with Gasteiger partial charge in [-0.1, -0.05) is 12.1 Å². The van der Waals surface area contributed by atoms with E-state index in [0.717, 1.165) is 5.69 Å². The Hall–Kier alpha value is -2.30. The number of nitrogens with one attached hydrogen (secondary N) is 2. The molecule has 0 fully saturated rings. The van der Waals surface area contributed by atoms with Crippen LogP contribution in [0.2, 0.25) is 0 Å². The number of imidazole rings is 1. The maximum absolute atomic E-state index is 10.9. The first-order chi connectivity index (χ1) is 7.77. The van der Waals surface area contributed by atoms with Crippen molar-refractivity contribution >= 4 is 11.7 Å². The van der Waals surface area contributed by atoms with Crippen molar-refractivity contribution in [2.45, 2.75) is 6.54 Å². The zero-order chi connectivity index (χ0) is 11.4. The van der Waals surface area contributed by atoms with Crippen LogP contribution in [-0.4, -0.2) is 21.0 Å². The number of benzene rings is 1. The van der Waals surface area contributed by atoms with Crippen LogP contribution < -0.4 is 5.32 Å². The van der Waals surface area contributed by atoms with E-state index in [-0.39, 0.29) is 5.56 Å². The van der Waals surface area contributed by atoms with Gasteiger partial charge in [0.1, 0.15) is 0 Å². The average Bonchev–Trinajstić information content (AvgIpc) is 2.79. The van der Waals surface area contributed by atoms with Gasteiger partial charge in [0.2, 0.25) is 0 Å². The molecule has 0 atom stereocenters. The van der Waals surface area contributed by atoms with Crippen LogP contribution in [-0.2, 0) is 6.54 Å². The van der Waals surface area contributed by atoms with E-state index in [9.17, 15) is 4.79 Å². The van der Waals surface area contributed by atoms with E-state index in [0.29, 0.717) is 12.2 Å². The lowest BCUT2D eigenvalue weighted by Gasteiger charge is -2.07. The summed E-state index contributed by atoms with van der Waals surface area (Å²) in [7, 11) is 0. The quantitative estimate of drug-likeness (QED) is 0.728. The van der Waals surface area contributed by atoms with Crippen LogP contribution >= 0.6 is 0 Å². The minimum atomic E-state index is -0.937. The van der Waals surface area contributed by atoms with E-state index in [1.807, 2.05) is 0 Å². The molecule has 2 rings (SSSR count). The first kappa shape index (κ1) is 10.2. The van der Waals surface area contributed by atoms with E-state index in [1.165, 1.54) is 0 Å². The van der Waals surface area contributed by atoms with Crippen molar-refractivity contribution in [3.05, 3.63) is 48.0 Å². The summed E-state index contributed by atoms with van der Waals surface area (Å²) in [6.45, 7) is 0.518. The van der Waals surface area contributed by atoms with Gasteiger partial charge in [-0.25, -0.2) is 9.78 Å². The minimum absolute atomic E-state index is 0.266. The Morgan fingerprint density at radius 1 is 1.44 bits per heavy atom. The molecule has 0 unspecified atom stereocenters. The van der Waals surface area contributed by atoms with Crippen LogP contribution in [0.1, 0.15) is 16.1 Å². The van der Waals surface area contributed by atoms with Crippen LogP contribution in [0.25, 0.3) is 0 Å². The molecule has 1 heterocycles. The number of carboxylic acids is 1. The van der Waals surface area contributed by atoms with E-state index in [4.69, 9.17) is 5.11 Å². The monoisotopic (exact) mass is 217 g/mol. The van der Waals surface area contributed by atoms with E-state index >= 15 is 0 Å². The zero-order valence-corrected chi connectivity index (χ0v) is 8.47. The molecule has 0 aliphatic carbocycles. The molecule has 0 aliphatic heterocycles. The number of rotatable bonds is 4. The predicted octanol–water partition coefficient (Wildman–Crippen LogP) is 1.72. The van der Waals surface area contributed by atoms with Crippen molar-refractivity contribution in [3.8, 4) is 0 Å². The Morgan fingerprint density at radius 3 is 2.94 bits per heavy atom. The van der Waals surface area contributed by atoms with Crippen molar-refractivity contribution in [2.24, 2.45) is 0 Å². The highest BCUT2D eigenvalue weighted by Gasteiger charge is 2.08. The highest BCUT2D eigenvalue weighted by Crippen LogP contribution is 2.15. The maximum Gasteiger partial charge on any atom is 0.337 e. The Balaban J connectivity index is 2.12. The average molecular weight is 217 g/mol. The second kappa shape index (κ2) is 4.48. The molecule has 5 heteroatoms. The number of aromatic carboxylic acids is 1. The summed E-state index contributed by atoms with van der Waals surface area (Å²) < 4.78 is 0. The molecule has 5 nitrogen and oxygen atoms in total.